The molecule has 0 aliphatic carbocycles. The number of hydrogen-bond acceptors (Lipinski definition) is 2. The Morgan fingerprint density at radius 1 is 0.935 bits per heavy atom. The van der Waals surface area contributed by atoms with Crippen LogP contribution in [0.2, 0.25) is 0 Å². The summed E-state index contributed by atoms with van der Waals surface area (Å²) in [7, 11) is 0. The van der Waals surface area contributed by atoms with E-state index in [2.05, 4.69) is 59.6 Å². The Morgan fingerprint density at radius 3 is 2.48 bits per heavy atom. The number of nitrogens with one attached hydrogen (secondary N) is 1. The van der Waals surface area contributed by atoms with E-state index in [9.17, 15) is 4.79 Å². The van der Waals surface area contributed by atoms with Gasteiger partial charge in [-0.3, -0.25) is 9.69 Å². The van der Waals surface area contributed by atoms with Gasteiger partial charge in [-0.1, -0.05) is 61.0 Å². The van der Waals surface area contributed by atoms with Crippen molar-refractivity contribution in [2.24, 2.45) is 0 Å². The fourth-order valence-electron chi connectivity index (χ4n) is 4.13. The molecule has 0 atom stereocenters. The molecule has 0 saturated carbocycles. The van der Waals surface area contributed by atoms with Crippen molar-refractivity contribution in [2.45, 2.75) is 32.7 Å². The third kappa shape index (κ3) is 5.93. The van der Waals surface area contributed by atoms with E-state index >= 15 is 0 Å². The average molecular weight is 411 g/mol. The zero-order valence-corrected chi connectivity index (χ0v) is 18.2. The standard InChI is InChI=1S/C28H30N2O/c1-22-8-3-4-11-27(22)25-10-7-9-23(20-25)14-17-28(31)29-26-15-12-24(13-16-26)21-30-18-5-2-6-19-30/h3-4,7-17,20H,2,5-6,18-19,21H2,1H3,(H,29,31). The summed E-state index contributed by atoms with van der Waals surface area (Å²) < 4.78 is 0. The van der Waals surface area contributed by atoms with Crippen LogP contribution in [-0.2, 0) is 11.3 Å². The maximum atomic E-state index is 12.4. The number of carbonyl (C=O) groups excluding carboxylic acids is 1. The molecule has 3 aromatic rings. The molecule has 0 spiro atoms. The monoisotopic (exact) mass is 410 g/mol. The summed E-state index contributed by atoms with van der Waals surface area (Å²) in [6.07, 6.45) is 7.41. The average Bonchev–Trinajstić information content (AvgIpc) is 2.80. The first kappa shape index (κ1) is 21.1. The highest BCUT2D eigenvalue weighted by molar-refractivity contribution is 6.02. The van der Waals surface area contributed by atoms with Crippen LogP contribution in [0.1, 0.15) is 36.0 Å². The fourth-order valence-corrected chi connectivity index (χ4v) is 4.13. The van der Waals surface area contributed by atoms with Gasteiger partial charge in [0.15, 0.2) is 0 Å². The molecule has 0 unspecified atom stereocenters. The summed E-state index contributed by atoms with van der Waals surface area (Å²) in [5.41, 5.74) is 6.74. The molecule has 0 aromatic heterocycles. The number of nitrogens with zero attached hydrogens (tertiary/aromatic N) is 1. The lowest BCUT2D eigenvalue weighted by Crippen LogP contribution is -2.29. The summed E-state index contributed by atoms with van der Waals surface area (Å²) in [5.74, 6) is -0.120. The van der Waals surface area contributed by atoms with Crippen molar-refractivity contribution in [2.75, 3.05) is 18.4 Å². The topological polar surface area (TPSA) is 32.3 Å². The van der Waals surface area contributed by atoms with E-state index in [0.29, 0.717) is 0 Å². The van der Waals surface area contributed by atoms with Gasteiger partial charge in [0.2, 0.25) is 5.91 Å². The van der Waals surface area contributed by atoms with Crippen molar-refractivity contribution in [1.29, 1.82) is 0 Å². The molecule has 3 aromatic carbocycles. The smallest absolute Gasteiger partial charge is 0.248 e. The third-order valence-corrected chi connectivity index (χ3v) is 5.85. The quantitative estimate of drug-likeness (QED) is 0.484. The largest absolute Gasteiger partial charge is 0.323 e. The number of piperidine rings is 1. The first-order valence-corrected chi connectivity index (χ1v) is 11.1. The van der Waals surface area contributed by atoms with Crippen molar-refractivity contribution < 1.29 is 4.79 Å². The molecule has 0 bridgehead atoms. The van der Waals surface area contributed by atoms with Crippen LogP contribution < -0.4 is 5.32 Å². The Balaban J connectivity index is 1.35. The number of anilines is 1. The van der Waals surface area contributed by atoms with Gasteiger partial charge >= 0.3 is 0 Å². The van der Waals surface area contributed by atoms with E-state index < -0.39 is 0 Å². The van der Waals surface area contributed by atoms with Gasteiger partial charge in [0.25, 0.3) is 0 Å². The van der Waals surface area contributed by atoms with Crippen LogP contribution in [0.4, 0.5) is 5.69 Å². The second kappa shape index (κ2) is 10.2. The van der Waals surface area contributed by atoms with E-state index in [1.807, 2.05) is 36.4 Å². The SMILES string of the molecule is Cc1ccccc1-c1cccc(C=CC(=O)Nc2ccc(CN3CCCCC3)cc2)c1. The number of benzene rings is 3. The van der Waals surface area contributed by atoms with E-state index in [1.54, 1.807) is 6.08 Å². The van der Waals surface area contributed by atoms with Gasteiger partial charge in [-0.05, 0) is 84.9 Å². The summed E-state index contributed by atoms with van der Waals surface area (Å²) in [4.78, 5) is 14.9. The molecular formula is C28H30N2O. The molecule has 3 heteroatoms. The number of amides is 1. The maximum absolute atomic E-state index is 12.4. The molecule has 0 radical (unpaired) electrons. The predicted molar refractivity (Wildman–Crippen MR) is 130 cm³/mol. The Bertz CT molecular complexity index is 1050. The van der Waals surface area contributed by atoms with Gasteiger partial charge in [-0.25, -0.2) is 0 Å². The molecule has 1 saturated heterocycles. The van der Waals surface area contributed by atoms with Crippen LogP contribution in [-0.4, -0.2) is 23.9 Å². The minimum Gasteiger partial charge on any atom is -0.323 e. The van der Waals surface area contributed by atoms with Gasteiger partial charge in [0.05, 0.1) is 0 Å². The Kier molecular flexibility index (Phi) is 6.96. The highest BCUT2D eigenvalue weighted by Crippen LogP contribution is 2.24. The first-order valence-electron chi connectivity index (χ1n) is 11.1. The van der Waals surface area contributed by atoms with Crippen LogP contribution in [0.5, 0.6) is 0 Å². The highest BCUT2D eigenvalue weighted by Gasteiger charge is 2.10. The Labute approximate surface area is 185 Å². The molecule has 3 nitrogen and oxygen atoms in total. The summed E-state index contributed by atoms with van der Waals surface area (Å²) in [6, 6.07) is 24.8. The second-order valence-corrected chi connectivity index (χ2v) is 8.30. The van der Waals surface area contributed by atoms with Crippen molar-refractivity contribution in [3.8, 4) is 11.1 Å². The first-order chi connectivity index (χ1) is 15.2. The number of hydrogen-bond donors (Lipinski definition) is 1. The highest BCUT2D eigenvalue weighted by atomic mass is 16.1. The van der Waals surface area contributed by atoms with Gasteiger partial charge in [0, 0.05) is 18.3 Å². The van der Waals surface area contributed by atoms with Crippen molar-refractivity contribution >= 4 is 17.7 Å². The zero-order valence-electron chi connectivity index (χ0n) is 18.2. The van der Waals surface area contributed by atoms with Crippen LogP contribution in [0, 0.1) is 6.92 Å². The van der Waals surface area contributed by atoms with Crippen molar-refractivity contribution in [3.63, 3.8) is 0 Å². The minimum absolute atomic E-state index is 0.120. The van der Waals surface area contributed by atoms with Crippen LogP contribution in [0.3, 0.4) is 0 Å². The zero-order chi connectivity index (χ0) is 21.5. The van der Waals surface area contributed by atoms with Gasteiger partial charge in [0.1, 0.15) is 0 Å². The van der Waals surface area contributed by atoms with Crippen molar-refractivity contribution in [1.82, 2.24) is 4.90 Å². The molecule has 1 amide bonds. The predicted octanol–water partition coefficient (Wildman–Crippen LogP) is 6.30. The molecule has 31 heavy (non-hydrogen) atoms. The van der Waals surface area contributed by atoms with E-state index in [4.69, 9.17) is 0 Å². The summed E-state index contributed by atoms with van der Waals surface area (Å²) in [5, 5.41) is 2.96. The lowest BCUT2D eigenvalue weighted by Gasteiger charge is -2.26. The van der Waals surface area contributed by atoms with Crippen molar-refractivity contribution in [3.05, 3.63) is 95.6 Å². The lowest BCUT2D eigenvalue weighted by molar-refractivity contribution is -0.111. The number of aryl methyl sites for hydroxylation is 1. The number of likely N-dealkylation sites (tertiary alicyclic amines) is 1. The fraction of sp³-hybridized carbons (Fsp3) is 0.250. The third-order valence-electron chi connectivity index (χ3n) is 5.85. The van der Waals surface area contributed by atoms with E-state index in [1.165, 1.54) is 49.0 Å². The molecule has 158 valence electrons. The molecule has 1 fully saturated rings. The Hall–Kier alpha value is -3.17. The normalized spacial score (nSPS) is 14.6. The van der Waals surface area contributed by atoms with E-state index in [-0.39, 0.29) is 5.91 Å². The molecule has 1 aliphatic rings. The Morgan fingerprint density at radius 2 is 1.71 bits per heavy atom. The van der Waals surface area contributed by atoms with Crippen LogP contribution in [0.25, 0.3) is 17.2 Å². The second-order valence-electron chi connectivity index (χ2n) is 8.30. The minimum atomic E-state index is -0.120. The number of rotatable bonds is 6. The molecule has 1 N–H and O–H groups in total. The maximum Gasteiger partial charge on any atom is 0.248 e. The summed E-state index contributed by atoms with van der Waals surface area (Å²) in [6.45, 7) is 5.48. The van der Waals surface area contributed by atoms with Gasteiger partial charge in [-0.15, -0.1) is 0 Å². The molecule has 4 rings (SSSR count). The van der Waals surface area contributed by atoms with Gasteiger partial charge < -0.3 is 5.32 Å². The summed E-state index contributed by atoms with van der Waals surface area (Å²) >= 11 is 0. The lowest BCUT2D eigenvalue weighted by atomic mass is 9.99. The van der Waals surface area contributed by atoms with Crippen LogP contribution >= 0.6 is 0 Å². The van der Waals surface area contributed by atoms with Gasteiger partial charge in [-0.2, -0.15) is 0 Å². The number of carbonyl (C=O) groups is 1. The molecular weight excluding hydrogens is 380 g/mol. The molecule has 1 heterocycles. The van der Waals surface area contributed by atoms with Crippen LogP contribution in [0.15, 0.2) is 78.9 Å². The molecule has 1 aliphatic heterocycles. The van der Waals surface area contributed by atoms with E-state index in [0.717, 1.165) is 23.4 Å².